The Bertz CT molecular complexity index is 497. The maximum absolute atomic E-state index is 4.39. The van der Waals surface area contributed by atoms with E-state index in [0.29, 0.717) is 12.5 Å². The predicted molar refractivity (Wildman–Crippen MR) is 75.0 cm³/mol. The van der Waals surface area contributed by atoms with Crippen LogP contribution in [0.15, 0.2) is 17.6 Å². The molecule has 2 rings (SSSR count). The number of nitrogens with one attached hydrogen (secondary N) is 2. The third-order valence-corrected chi connectivity index (χ3v) is 3.13. The fraction of sp³-hybridized carbons (Fsp3) is 0.417. The summed E-state index contributed by atoms with van der Waals surface area (Å²) in [6.45, 7) is 5.69. The van der Waals surface area contributed by atoms with Gasteiger partial charge in [0, 0.05) is 18.1 Å². The second-order valence-electron chi connectivity index (χ2n) is 3.90. The van der Waals surface area contributed by atoms with Gasteiger partial charge in [-0.05, 0) is 19.4 Å². The lowest BCUT2D eigenvalue weighted by molar-refractivity contribution is 0.948. The monoisotopic (exact) mass is 263 g/mol. The van der Waals surface area contributed by atoms with Crippen molar-refractivity contribution < 1.29 is 0 Å². The van der Waals surface area contributed by atoms with Crippen LogP contribution in [0.3, 0.4) is 0 Å². The molecule has 0 fully saturated rings. The summed E-state index contributed by atoms with van der Waals surface area (Å²) in [5.41, 5.74) is 1.04. The quantitative estimate of drug-likeness (QED) is 0.839. The van der Waals surface area contributed by atoms with Crippen molar-refractivity contribution in [2.45, 2.75) is 26.8 Å². The second-order valence-corrected chi connectivity index (χ2v) is 4.97. The molecule has 0 unspecified atom stereocenters. The molecule has 18 heavy (non-hydrogen) atoms. The Hall–Kier alpha value is -1.69. The SMILES string of the molecule is CCCNc1nccc(NCc2csc(C)n2)n1. The van der Waals surface area contributed by atoms with Crippen LogP contribution < -0.4 is 10.6 Å². The summed E-state index contributed by atoms with van der Waals surface area (Å²) in [5.74, 6) is 1.48. The molecule has 2 N–H and O–H groups in total. The standard InChI is InChI=1S/C12H17N5S/c1-3-5-13-12-14-6-4-11(17-12)15-7-10-8-18-9(2)16-10/h4,6,8H,3,5,7H2,1-2H3,(H2,13,14,15,17). The van der Waals surface area contributed by atoms with Gasteiger partial charge in [-0.3, -0.25) is 0 Å². The number of nitrogens with zero attached hydrogens (tertiary/aromatic N) is 3. The molecule has 0 saturated heterocycles. The molecule has 6 heteroatoms. The van der Waals surface area contributed by atoms with Crippen LogP contribution in [-0.4, -0.2) is 21.5 Å². The van der Waals surface area contributed by atoms with Crippen LogP contribution in [0.25, 0.3) is 0 Å². The van der Waals surface area contributed by atoms with Gasteiger partial charge in [0.15, 0.2) is 0 Å². The minimum atomic E-state index is 0.663. The molecule has 0 aliphatic heterocycles. The maximum atomic E-state index is 4.39. The van der Waals surface area contributed by atoms with E-state index in [9.17, 15) is 0 Å². The molecule has 0 aliphatic rings. The van der Waals surface area contributed by atoms with Crippen molar-refractivity contribution in [2.24, 2.45) is 0 Å². The smallest absolute Gasteiger partial charge is 0.224 e. The molecule has 0 radical (unpaired) electrons. The first-order valence-corrected chi connectivity index (χ1v) is 6.87. The summed E-state index contributed by atoms with van der Waals surface area (Å²) in [6.07, 6.45) is 2.80. The summed E-state index contributed by atoms with van der Waals surface area (Å²) in [5, 5.41) is 9.54. The molecule has 0 atom stereocenters. The van der Waals surface area contributed by atoms with Gasteiger partial charge in [0.2, 0.25) is 5.95 Å². The van der Waals surface area contributed by atoms with Crippen molar-refractivity contribution in [1.29, 1.82) is 0 Å². The Morgan fingerprint density at radius 3 is 2.89 bits per heavy atom. The van der Waals surface area contributed by atoms with Gasteiger partial charge < -0.3 is 10.6 Å². The molecule has 0 bridgehead atoms. The Balaban J connectivity index is 1.92. The van der Waals surface area contributed by atoms with Crippen LogP contribution in [0.4, 0.5) is 11.8 Å². The van der Waals surface area contributed by atoms with Gasteiger partial charge in [0.05, 0.1) is 17.2 Å². The highest BCUT2D eigenvalue weighted by Gasteiger charge is 2.00. The van der Waals surface area contributed by atoms with E-state index < -0.39 is 0 Å². The Kier molecular flexibility index (Phi) is 4.46. The van der Waals surface area contributed by atoms with E-state index in [4.69, 9.17) is 0 Å². The van der Waals surface area contributed by atoms with E-state index in [1.165, 1.54) is 0 Å². The van der Waals surface area contributed by atoms with Gasteiger partial charge in [0.25, 0.3) is 0 Å². The third kappa shape index (κ3) is 3.66. The fourth-order valence-electron chi connectivity index (χ4n) is 1.45. The van der Waals surface area contributed by atoms with E-state index in [1.807, 2.05) is 13.0 Å². The first-order valence-electron chi connectivity index (χ1n) is 5.99. The minimum absolute atomic E-state index is 0.663. The number of aromatic nitrogens is 3. The van der Waals surface area contributed by atoms with Crippen LogP contribution in [0.1, 0.15) is 24.0 Å². The normalized spacial score (nSPS) is 10.3. The van der Waals surface area contributed by atoms with E-state index in [2.05, 4.69) is 37.9 Å². The van der Waals surface area contributed by atoms with Crippen molar-refractivity contribution in [3.8, 4) is 0 Å². The number of thiazole rings is 1. The Labute approximate surface area is 111 Å². The van der Waals surface area contributed by atoms with Crippen LogP contribution >= 0.6 is 11.3 Å². The first-order chi connectivity index (χ1) is 8.78. The molecule has 0 saturated carbocycles. The van der Waals surface area contributed by atoms with Gasteiger partial charge in [-0.1, -0.05) is 6.92 Å². The third-order valence-electron chi connectivity index (χ3n) is 2.31. The zero-order chi connectivity index (χ0) is 12.8. The summed E-state index contributed by atoms with van der Waals surface area (Å²) < 4.78 is 0. The lowest BCUT2D eigenvalue weighted by atomic mass is 10.4. The topological polar surface area (TPSA) is 62.7 Å². The van der Waals surface area contributed by atoms with Crippen molar-refractivity contribution >= 4 is 23.1 Å². The lowest BCUT2D eigenvalue weighted by Gasteiger charge is -2.06. The van der Waals surface area contributed by atoms with Crippen molar-refractivity contribution in [3.63, 3.8) is 0 Å². The largest absolute Gasteiger partial charge is 0.364 e. The Morgan fingerprint density at radius 1 is 1.28 bits per heavy atom. The molecule has 5 nitrogen and oxygen atoms in total. The maximum Gasteiger partial charge on any atom is 0.224 e. The van der Waals surface area contributed by atoms with Crippen molar-refractivity contribution in [3.05, 3.63) is 28.3 Å². The molecule has 2 heterocycles. The van der Waals surface area contributed by atoms with Gasteiger partial charge in [-0.25, -0.2) is 9.97 Å². The number of hydrogen-bond acceptors (Lipinski definition) is 6. The average Bonchev–Trinajstić information content (AvgIpc) is 2.80. The molecule has 0 aliphatic carbocycles. The summed E-state index contributed by atoms with van der Waals surface area (Å²) in [4.78, 5) is 12.9. The van der Waals surface area contributed by atoms with Gasteiger partial charge in [-0.15, -0.1) is 11.3 Å². The van der Waals surface area contributed by atoms with Gasteiger partial charge in [0.1, 0.15) is 5.82 Å². The zero-order valence-corrected chi connectivity index (χ0v) is 11.4. The van der Waals surface area contributed by atoms with E-state index in [1.54, 1.807) is 17.5 Å². The highest BCUT2D eigenvalue weighted by Crippen LogP contribution is 2.11. The number of anilines is 2. The average molecular weight is 263 g/mol. The molecule has 2 aromatic heterocycles. The summed E-state index contributed by atoms with van der Waals surface area (Å²) in [7, 11) is 0. The number of hydrogen-bond donors (Lipinski definition) is 2. The van der Waals surface area contributed by atoms with E-state index in [-0.39, 0.29) is 0 Å². The molecule has 0 spiro atoms. The van der Waals surface area contributed by atoms with Crippen molar-refractivity contribution in [1.82, 2.24) is 15.0 Å². The minimum Gasteiger partial charge on any atom is -0.364 e. The summed E-state index contributed by atoms with van der Waals surface area (Å²) in [6, 6.07) is 1.86. The highest BCUT2D eigenvalue weighted by atomic mass is 32.1. The molecule has 2 aromatic rings. The van der Waals surface area contributed by atoms with Gasteiger partial charge >= 0.3 is 0 Å². The Morgan fingerprint density at radius 2 is 2.17 bits per heavy atom. The van der Waals surface area contributed by atoms with Crippen molar-refractivity contribution in [2.75, 3.05) is 17.2 Å². The number of aryl methyl sites for hydroxylation is 1. The van der Waals surface area contributed by atoms with E-state index in [0.717, 1.165) is 29.5 Å². The second kappa shape index (κ2) is 6.30. The van der Waals surface area contributed by atoms with Gasteiger partial charge in [-0.2, -0.15) is 4.98 Å². The predicted octanol–water partition coefficient (Wildman–Crippen LogP) is 2.68. The lowest BCUT2D eigenvalue weighted by Crippen LogP contribution is -2.07. The van der Waals surface area contributed by atoms with Crippen LogP contribution in [-0.2, 0) is 6.54 Å². The first kappa shape index (κ1) is 12.8. The fourth-order valence-corrected chi connectivity index (χ4v) is 2.06. The number of rotatable bonds is 6. The van der Waals surface area contributed by atoms with Crippen LogP contribution in [0.5, 0.6) is 0 Å². The molecular weight excluding hydrogens is 246 g/mol. The molecular formula is C12H17N5S. The van der Waals surface area contributed by atoms with E-state index >= 15 is 0 Å². The molecule has 0 amide bonds. The van der Waals surface area contributed by atoms with Crippen LogP contribution in [0.2, 0.25) is 0 Å². The van der Waals surface area contributed by atoms with Crippen LogP contribution in [0, 0.1) is 6.92 Å². The zero-order valence-electron chi connectivity index (χ0n) is 10.6. The molecule has 0 aromatic carbocycles. The highest BCUT2D eigenvalue weighted by molar-refractivity contribution is 7.09. The molecule has 96 valence electrons. The summed E-state index contributed by atoms with van der Waals surface area (Å²) >= 11 is 1.66.